The molecule has 0 fully saturated rings. The van der Waals surface area contributed by atoms with Crippen LogP contribution < -0.4 is 14.8 Å². The second kappa shape index (κ2) is 5.41. The van der Waals surface area contributed by atoms with E-state index >= 15 is 0 Å². The summed E-state index contributed by atoms with van der Waals surface area (Å²) in [6.45, 7) is 6.70. The number of hydrogen-bond donors (Lipinski definition) is 1. The first-order valence-corrected chi connectivity index (χ1v) is 6.30. The predicted octanol–water partition coefficient (Wildman–Crippen LogP) is 2.34. The molecule has 1 heterocycles. The van der Waals surface area contributed by atoms with E-state index in [9.17, 15) is 0 Å². The van der Waals surface area contributed by atoms with Crippen molar-refractivity contribution in [2.45, 2.75) is 26.2 Å². The highest BCUT2D eigenvalue weighted by molar-refractivity contribution is 5.53. The summed E-state index contributed by atoms with van der Waals surface area (Å²) in [5, 5.41) is 3.19. The molecule has 1 aromatic rings. The fourth-order valence-electron chi connectivity index (χ4n) is 2.29. The molecule has 1 aliphatic rings. The van der Waals surface area contributed by atoms with Gasteiger partial charge in [0.1, 0.15) is 13.2 Å². The van der Waals surface area contributed by atoms with Crippen LogP contribution in [0.2, 0.25) is 0 Å². The Morgan fingerprint density at radius 3 is 2.71 bits per heavy atom. The third-order valence-electron chi connectivity index (χ3n) is 3.06. The molecular weight excluding hydrogens is 214 g/mol. The lowest BCUT2D eigenvalue weighted by molar-refractivity contribution is 0.169. The third-order valence-corrected chi connectivity index (χ3v) is 3.06. The summed E-state index contributed by atoms with van der Waals surface area (Å²) in [7, 11) is 1.98. The zero-order chi connectivity index (χ0) is 12.3. The first kappa shape index (κ1) is 12.2. The molecule has 0 unspecified atom stereocenters. The number of hydrogen-bond acceptors (Lipinski definition) is 3. The highest BCUT2D eigenvalue weighted by atomic mass is 16.6. The topological polar surface area (TPSA) is 30.5 Å². The molecule has 94 valence electrons. The van der Waals surface area contributed by atoms with Crippen LogP contribution in [-0.2, 0) is 6.42 Å². The van der Waals surface area contributed by atoms with Crippen LogP contribution in [0.1, 0.15) is 30.9 Å². The van der Waals surface area contributed by atoms with Crippen molar-refractivity contribution in [2.75, 3.05) is 26.8 Å². The van der Waals surface area contributed by atoms with E-state index in [1.807, 2.05) is 13.1 Å². The summed E-state index contributed by atoms with van der Waals surface area (Å²) in [5.41, 5.74) is 2.66. The molecule has 0 atom stereocenters. The Labute approximate surface area is 103 Å². The fourth-order valence-corrected chi connectivity index (χ4v) is 2.29. The van der Waals surface area contributed by atoms with Gasteiger partial charge in [0.05, 0.1) is 0 Å². The van der Waals surface area contributed by atoms with Crippen LogP contribution in [0.25, 0.3) is 0 Å². The molecule has 1 aromatic carbocycles. The van der Waals surface area contributed by atoms with Crippen molar-refractivity contribution < 1.29 is 9.47 Å². The highest BCUT2D eigenvalue weighted by Gasteiger charge is 2.20. The molecule has 0 saturated carbocycles. The lowest BCUT2D eigenvalue weighted by Crippen LogP contribution is -2.19. The summed E-state index contributed by atoms with van der Waals surface area (Å²) in [4.78, 5) is 0. The maximum Gasteiger partial charge on any atom is 0.165 e. The molecule has 0 amide bonds. The minimum absolute atomic E-state index is 0.457. The molecule has 3 heteroatoms. The first-order valence-electron chi connectivity index (χ1n) is 6.30. The average Bonchev–Trinajstić information content (AvgIpc) is 2.35. The van der Waals surface area contributed by atoms with Gasteiger partial charge in [0.25, 0.3) is 0 Å². The predicted molar refractivity (Wildman–Crippen MR) is 69.2 cm³/mol. The van der Waals surface area contributed by atoms with Crippen LogP contribution in [0.15, 0.2) is 12.1 Å². The molecule has 1 aliphatic heterocycles. The lowest BCUT2D eigenvalue weighted by Gasteiger charge is -2.25. The zero-order valence-corrected chi connectivity index (χ0v) is 10.9. The molecule has 0 aromatic heterocycles. The number of nitrogens with one attached hydrogen (secondary N) is 1. The van der Waals surface area contributed by atoms with E-state index in [-0.39, 0.29) is 0 Å². The summed E-state index contributed by atoms with van der Waals surface area (Å²) < 4.78 is 11.4. The maximum atomic E-state index is 5.79. The minimum atomic E-state index is 0.457. The van der Waals surface area contributed by atoms with Crippen LogP contribution in [-0.4, -0.2) is 26.8 Å². The number of ether oxygens (including phenoxy) is 2. The fraction of sp³-hybridized carbons (Fsp3) is 0.571. The molecule has 0 radical (unpaired) electrons. The van der Waals surface area contributed by atoms with Gasteiger partial charge >= 0.3 is 0 Å². The van der Waals surface area contributed by atoms with E-state index in [1.165, 1.54) is 11.1 Å². The van der Waals surface area contributed by atoms with E-state index < -0.39 is 0 Å². The highest BCUT2D eigenvalue weighted by Crippen LogP contribution is 2.40. The van der Waals surface area contributed by atoms with Gasteiger partial charge in [-0.1, -0.05) is 19.9 Å². The number of benzene rings is 1. The van der Waals surface area contributed by atoms with Crippen LogP contribution in [0.4, 0.5) is 0 Å². The number of rotatable bonds is 4. The van der Waals surface area contributed by atoms with Gasteiger partial charge in [0, 0.05) is 5.56 Å². The minimum Gasteiger partial charge on any atom is -0.486 e. The van der Waals surface area contributed by atoms with Crippen molar-refractivity contribution in [3.8, 4) is 11.5 Å². The lowest BCUT2D eigenvalue weighted by atomic mass is 9.93. The van der Waals surface area contributed by atoms with Crippen molar-refractivity contribution in [2.24, 2.45) is 0 Å². The summed E-state index contributed by atoms with van der Waals surface area (Å²) in [5.74, 6) is 2.31. The van der Waals surface area contributed by atoms with E-state index in [0.29, 0.717) is 19.1 Å². The normalized spacial score (nSPS) is 14.1. The van der Waals surface area contributed by atoms with Gasteiger partial charge in [0.2, 0.25) is 0 Å². The van der Waals surface area contributed by atoms with Crippen LogP contribution in [0.5, 0.6) is 11.5 Å². The Hall–Kier alpha value is -1.22. The Morgan fingerprint density at radius 1 is 1.24 bits per heavy atom. The zero-order valence-electron chi connectivity index (χ0n) is 10.9. The van der Waals surface area contributed by atoms with E-state index in [2.05, 4.69) is 25.2 Å². The van der Waals surface area contributed by atoms with Gasteiger partial charge in [-0.25, -0.2) is 0 Å². The van der Waals surface area contributed by atoms with Gasteiger partial charge in [0.15, 0.2) is 11.5 Å². The van der Waals surface area contributed by atoms with Crippen molar-refractivity contribution >= 4 is 0 Å². The van der Waals surface area contributed by atoms with Crippen LogP contribution in [0, 0.1) is 0 Å². The maximum absolute atomic E-state index is 5.79. The molecule has 0 saturated heterocycles. The Balaban J connectivity index is 2.38. The molecule has 0 bridgehead atoms. The SMILES string of the molecule is CNCCc1ccc2c(c1C(C)C)OCCO2. The summed E-state index contributed by atoms with van der Waals surface area (Å²) in [6, 6.07) is 4.20. The second-order valence-corrected chi connectivity index (χ2v) is 4.67. The van der Waals surface area contributed by atoms with Gasteiger partial charge in [-0.3, -0.25) is 0 Å². The standard InChI is InChI=1S/C14H21NO2/c1-10(2)13-11(6-7-15-3)4-5-12-14(13)17-9-8-16-12/h4-5,10,15H,6-9H2,1-3H3. The largest absolute Gasteiger partial charge is 0.486 e. The van der Waals surface area contributed by atoms with Crippen molar-refractivity contribution in [1.29, 1.82) is 0 Å². The molecule has 2 rings (SSSR count). The number of likely N-dealkylation sites (N-methyl/N-ethyl adjacent to an activating group) is 1. The smallest absolute Gasteiger partial charge is 0.165 e. The Morgan fingerprint density at radius 2 is 2.00 bits per heavy atom. The first-order chi connectivity index (χ1) is 8.24. The molecular formula is C14H21NO2. The van der Waals surface area contributed by atoms with Gasteiger partial charge in [-0.05, 0) is 37.6 Å². The van der Waals surface area contributed by atoms with Crippen molar-refractivity contribution in [3.05, 3.63) is 23.3 Å². The van der Waals surface area contributed by atoms with Gasteiger partial charge in [-0.15, -0.1) is 0 Å². The average molecular weight is 235 g/mol. The Bertz CT molecular complexity index is 388. The molecule has 17 heavy (non-hydrogen) atoms. The Kier molecular flexibility index (Phi) is 3.89. The second-order valence-electron chi connectivity index (χ2n) is 4.67. The quantitative estimate of drug-likeness (QED) is 0.869. The molecule has 0 aliphatic carbocycles. The third kappa shape index (κ3) is 2.55. The molecule has 3 nitrogen and oxygen atoms in total. The van der Waals surface area contributed by atoms with Crippen LogP contribution in [0.3, 0.4) is 0 Å². The van der Waals surface area contributed by atoms with E-state index in [1.54, 1.807) is 0 Å². The molecule has 0 spiro atoms. The van der Waals surface area contributed by atoms with Gasteiger partial charge in [-0.2, -0.15) is 0 Å². The van der Waals surface area contributed by atoms with E-state index in [4.69, 9.17) is 9.47 Å². The summed E-state index contributed by atoms with van der Waals surface area (Å²) >= 11 is 0. The van der Waals surface area contributed by atoms with E-state index in [0.717, 1.165) is 24.5 Å². The number of fused-ring (bicyclic) bond motifs is 1. The molecule has 1 N–H and O–H groups in total. The van der Waals surface area contributed by atoms with Crippen molar-refractivity contribution in [3.63, 3.8) is 0 Å². The van der Waals surface area contributed by atoms with Gasteiger partial charge < -0.3 is 14.8 Å². The van der Waals surface area contributed by atoms with Crippen LogP contribution >= 0.6 is 0 Å². The monoisotopic (exact) mass is 235 g/mol. The van der Waals surface area contributed by atoms with Crippen molar-refractivity contribution in [1.82, 2.24) is 5.32 Å². The summed E-state index contributed by atoms with van der Waals surface area (Å²) in [6.07, 6.45) is 1.03.